The molecule has 2 N–H and O–H groups in total. The molecule has 1 atom stereocenters. The molecular weight excluding hydrogens is 314 g/mol. The van der Waals surface area contributed by atoms with Crippen molar-refractivity contribution in [1.29, 1.82) is 0 Å². The van der Waals surface area contributed by atoms with Crippen molar-refractivity contribution in [3.05, 3.63) is 52.5 Å². The van der Waals surface area contributed by atoms with Gasteiger partial charge in [-0.15, -0.1) is 0 Å². The first-order chi connectivity index (χ1) is 10.7. The van der Waals surface area contributed by atoms with Gasteiger partial charge in [0.25, 0.3) is 0 Å². The molecule has 0 saturated heterocycles. The van der Waals surface area contributed by atoms with Crippen LogP contribution in [0.15, 0.2) is 33.6 Å². The molecule has 1 heterocycles. The van der Waals surface area contributed by atoms with Crippen molar-refractivity contribution in [2.45, 2.75) is 45.1 Å². The van der Waals surface area contributed by atoms with Crippen molar-refractivity contribution in [2.75, 3.05) is 6.54 Å². The van der Waals surface area contributed by atoms with E-state index in [4.69, 9.17) is 4.42 Å². The molecule has 5 nitrogen and oxygen atoms in total. The molecule has 0 aliphatic heterocycles. The Balaban J connectivity index is 1.99. The smallest absolute Gasteiger partial charge is 0.240 e. The molecule has 0 amide bonds. The maximum Gasteiger partial charge on any atom is 0.240 e. The summed E-state index contributed by atoms with van der Waals surface area (Å²) >= 11 is 0. The third-order valence-corrected chi connectivity index (χ3v) is 5.40. The normalized spacial score (nSPS) is 13.3. The molecule has 0 radical (unpaired) electrons. The Bertz CT molecular complexity index is 793. The number of furan rings is 1. The summed E-state index contributed by atoms with van der Waals surface area (Å²) in [5.41, 5.74) is 2.68. The summed E-state index contributed by atoms with van der Waals surface area (Å²) in [5, 5.41) is 10.2. The van der Waals surface area contributed by atoms with Gasteiger partial charge in [-0.25, -0.2) is 13.1 Å². The molecule has 6 heteroatoms. The highest BCUT2D eigenvalue weighted by molar-refractivity contribution is 7.89. The number of hydrogen-bond acceptors (Lipinski definition) is 4. The van der Waals surface area contributed by atoms with E-state index in [0.29, 0.717) is 11.3 Å². The van der Waals surface area contributed by atoms with E-state index in [0.717, 1.165) is 16.9 Å². The summed E-state index contributed by atoms with van der Waals surface area (Å²) in [6, 6.07) is 6.80. The highest BCUT2D eigenvalue weighted by Crippen LogP contribution is 2.23. The van der Waals surface area contributed by atoms with Crippen molar-refractivity contribution < 1.29 is 17.9 Å². The second-order valence-corrected chi connectivity index (χ2v) is 7.58. The lowest BCUT2D eigenvalue weighted by Crippen LogP contribution is -2.26. The fourth-order valence-corrected chi connectivity index (χ4v) is 3.56. The van der Waals surface area contributed by atoms with Gasteiger partial charge in [-0.2, -0.15) is 0 Å². The van der Waals surface area contributed by atoms with E-state index in [1.807, 2.05) is 20.8 Å². The van der Waals surface area contributed by atoms with E-state index in [9.17, 15) is 13.5 Å². The van der Waals surface area contributed by atoms with Crippen molar-refractivity contribution >= 4 is 10.0 Å². The monoisotopic (exact) mass is 337 g/mol. The quantitative estimate of drug-likeness (QED) is 0.849. The molecule has 0 aliphatic carbocycles. The molecule has 0 aliphatic rings. The standard InChI is InChI=1S/C17H23NO4S/c1-11-5-6-15(9-12(11)2)23(20,21)18-8-7-17(19)16-10-13(3)22-14(16)4/h5-6,9-10,17-19H,7-8H2,1-4H3/t17-/m1/s1. The van der Waals surface area contributed by atoms with Gasteiger partial charge in [-0.1, -0.05) is 6.07 Å². The second kappa shape index (κ2) is 6.86. The lowest BCUT2D eigenvalue weighted by Gasteiger charge is -2.12. The van der Waals surface area contributed by atoms with Crippen molar-refractivity contribution in [2.24, 2.45) is 0 Å². The van der Waals surface area contributed by atoms with Crippen LogP contribution < -0.4 is 4.72 Å². The molecular formula is C17H23NO4S. The highest BCUT2D eigenvalue weighted by Gasteiger charge is 2.17. The number of aliphatic hydroxyl groups excluding tert-OH is 1. The van der Waals surface area contributed by atoms with Crippen LogP contribution in [0.3, 0.4) is 0 Å². The van der Waals surface area contributed by atoms with E-state index >= 15 is 0 Å². The average Bonchev–Trinajstić information content (AvgIpc) is 2.80. The van der Waals surface area contributed by atoms with E-state index in [1.54, 1.807) is 31.2 Å². The van der Waals surface area contributed by atoms with Crippen molar-refractivity contribution in [3.8, 4) is 0 Å². The molecule has 0 fully saturated rings. The van der Waals surface area contributed by atoms with Crippen LogP contribution in [0, 0.1) is 27.7 Å². The van der Waals surface area contributed by atoms with Crippen molar-refractivity contribution in [1.82, 2.24) is 4.72 Å². The van der Waals surface area contributed by atoms with Gasteiger partial charge in [0.1, 0.15) is 11.5 Å². The average molecular weight is 337 g/mol. The van der Waals surface area contributed by atoms with Crippen LogP contribution in [0.4, 0.5) is 0 Å². The molecule has 0 unspecified atom stereocenters. The molecule has 2 aromatic rings. The molecule has 0 bridgehead atoms. The fourth-order valence-electron chi connectivity index (χ4n) is 2.43. The minimum Gasteiger partial charge on any atom is -0.466 e. The zero-order valence-electron chi connectivity index (χ0n) is 13.9. The number of nitrogens with one attached hydrogen (secondary N) is 1. The molecule has 0 spiro atoms. The van der Waals surface area contributed by atoms with Crippen LogP contribution in [0.25, 0.3) is 0 Å². The number of aryl methyl sites for hydroxylation is 4. The Morgan fingerprint density at radius 1 is 1.13 bits per heavy atom. The maximum atomic E-state index is 12.3. The van der Waals surface area contributed by atoms with E-state index in [-0.39, 0.29) is 17.9 Å². The van der Waals surface area contributed by atoms with Gasteiger partial charge >= 0.3 is 0 Å². The molecule has 23 heavy (non-hydrogen) atoms. The van der Waals surface area contributed by atoms with Crippen LogP contribution in [0.2, 0.25) is 0 Å². The van der Waals surface area contributed by atoms with Crippen LogP contribution in [0.5, 0.6) is 0 Å². The summed E-state index contributed by atoms with van der Waals surface area (Å²) in [5.74, 6) is 1.39. The molecule has 2 rings (SSSR count). The highest BCUT2D eigenvalue weighted by atomic mass is 32.2. The SMILES string of the molecule is Cc1cc([C@H](O)CCNS(=O)(=O)c2ccc(C)c(C)c2)c(C)o1. The predicted molar refractivity (Wildman–Crippen MR) is 88.9 cm³/mol. The van der Waals surface area contributed by atoms with Gasteiger partial charge < -0.3 is 9.52 Å². The zero-order chi connectivity index (χ0) is 17.2. The van der Waals surface area contributed by atoms with Crippen LogP contribution in [-0.4, -0.2) is 20.1 Å². The fraction of sp³-hybridized carbons (Fsp3) is 0.412. The number of sulfonamides is 1. The Labute approximate surface area is 137 Å². The molecule has 1 aromatic heterocycles. The summed E-state index contributed by atoms with van der Waals surface area (Å²) < 4.78 is 32.5. The van der Waals surface area contributed by atoms with Gasteiger partial charge in [-0.05, 0) is 63.4 Å². The molecule has 0 saturated carbocycles. The second-order valence-electron chi connectivity index (χ2n) is 5.82. The summed E-state index contributed by atoms with van der Waals surface area (Å²) in [6.07, 6.45) is -0.473. The first-order valence-corrected chi connectivity index (χ1v) is 9.01. The minimum absolute atomic E-state index is 0.153. The van der Waals surface area contributed by atoms with Gasteiger partial charge in [-0.3, -0.25) is 0 Å². The lowest BCUT2D eigenvalue weighted by atomic mass is 10.1. The van der Waals surface area contributed by atoms with Gasteiger partial charge in [0.05, 0.1) is 11.0 Å². The Morgan fingerprint density at radius 3 is 2.39 bits per heavy atom. The first kappa shape index (κ1) is 17.7. The summed E-state index contributed by atoms with van der Waals surface area (Å²) in [7, 11) is -3.57. The van der Waals surface area contributed by atoms with E-state index in [2.05, 4.69) is 4.72 Å². The lowest BCUT2D eigenvalue weighted by molar-refractivity contribution is 0.167. The first-order valence-electron chi connectivity index (χ1n) is 7.52. The minimum atomic E-state index is -3.57. The number of aliphatic hydroxyl groups is 1. The third-order valence-electron chi connectivity index (χ3n) is 3.94. The largest absolute Gasteiger partial charge is 0.466 e. The zero-order valence-corrected chi connectivity index (χ0v) is 14.7. The Hall–Kier alpha value is -1.63. The predicted octanol–water partition coefficient (Wildman–Crippen LogP) is 2.92. The van der Waals surface area contributed by atoms with Crippen LogP contribution in [-0.2, 0) is 10.0 Å². The number of rotatable bonds is 6. The third kappa shape index (κ3) is 4.22. The van der Waals surface area contributed by atoms with E-state index in [1.165, 1.54) is 0 Å². The summed E-state index contributed by atoms with van der Waals surface area (Å²) in [4.78, 5) is 0.241. The van der Waals surface area contributed by atoms with Gasteiger partial charge in [0.15, 0.2) is 0 Å². The van der Waals surface area contributed by atoms with Gasteiger partial charge in [0, 0.05) is 12.1 Å². The summed E-state index contributed by atoms with van der Waals surface area (Å²) in [6.45, 7) is 7.56. The number of benzene rings is 1. The Morgan fingerprint density at radius 2 is 1.83 bits per heavy atom. The van der Waals surface area contributed by atoms with Crippen LogP contribution in [0.1, 0.15) is 40.7 Å². The molecule has 126 valence electrons. The van der Waals surface area contributed by atoms with Crippen LogP contribution >= 0.6 is 0 Å². The maximum absolute atomic E-state index is 12.3. The number of hydrogen-bond donors (Lipinski definition) is 2. The van der Waals surface area contributed by atoms with Gasteiger partial charge in [0.2, 0.25) is 10.0 Å². The van der Waals surface area contributed by atoms with E-state index < -0.39 is 16.1 Å². The Kier molecular flexibility index (Phi) is 5.29. The van der Waals surface area contributed by atoms with Crippen molar-refractivity contribution in [3.63, 3.8) is 0 Å². The topological polar surface area (TPSA) is 79.5 Å². The molecule has 1 aromatic carbocycles.